The third-order valence-corrected chi connectivity index (χ3v) is 5.57. The number of rotatable bonds is 7. The van der Waals surface area contributed by atoms with Crippen LogP contribution in [0.5, 0.6) is 0 Å². The first-order valence-electron chi connectivity index (χ1n) is 10.2. The Labute approximate surface area is 156 Å². The van der Waals surface area contributed by atoms with Crippen LogP contribution in [0, 0.1) is 0 Å². The lowest BCUT2D eigenvalue weighted by molar-refractivity contribution is -0.136. The Kier molecular flexibility index (Phi) is 7.02. The van der Waals surface area contributed by atoms with Crippen molar-refractivity contribution in [3.8, 4) is 0 Å². The number of carbonyl (C=O) groups excluding carboxylic acids is 1. The van der Waals surface area contributed by atoms with Crippen molar-refractivity contribution >= 4 is 5.91 Å². The number of piperidine rings is 1. The SMILES string of the molecule is CCCCc1noc(CN2CCN(CC(=O)N3CCCCC3C)CC2)n1. The van der Waals surface area contributed by atoms with E-state index in [2.05, 4.69) is 38.7 Å². The van der Waals surface area contributed by atoms with Crippen LogP contribution in [0.25, 0.3) is 0 Å². The Hall–Kier alpha value is -1.47. The topological polar surface area (TPSA) is 65.7 Å². The van der Waals surface area contributed by atoms with Crippen LogP contribution in [0.2, 0.25) is 0 Å². The molecule has 1 aromatic heterocycles. The van der Waals surface area contributed by atoms with Crippen molar-refractivity contribution in [2.24, 2.45) is 0 Å². The van der Waals surface area contributed by atoms with Gasteiger partial charge in [0.1, 0.15) is 0 Å². The molecular weight excluding hydrogens is 330 g/mol. The fourth-order valence-electron chi connectivity index (χ4n) is 3.84. The first-order valence-corrected chi connectivity index (χ1v) is 10.2. The molecule has 0 N–H and O–H groups in total. The third kappa shape index (κ3) is 5.27. The van der Waals surface area contributed by atoms with Gasteiger partial charge in [0.15, 0.2) is 5.82 Å². The molecule has 146 valence electrons. The first kappa shape index (κ1) is 19.3. The number of likely N-dealkylation sites (tertiary alicyclic amines) is 1. The summed E-state index contributed by atoms with van der Waals surface area (Å²) in [5.74, 6) is 1.83. The molecule has 0 saturated carbocycles. The van der Waals surface area contributed by atoms with E-state index >= 15 is 0 Å². The molecular formula is C19H33N5O2. The van der Waals surface area contributed by atoms with Crippen LogP contribution >= 0.6 is 0 Å². The summed E-state index contributed by atoms with van der Waals surface area (Å²) < 4.78 is 5.37. The molecule has 7 heteroatoms. The van der Waals surface area contributed by atoms with Gasteiger partial charge in [-0.1, -0.05) is 18.5 Å². The predicted molar refractivity (Wildman–Crippen MR) is 99.7 cm³/mol. The number of amides is 1. The molecule has 2 aliphatic heterocycles. The van der Waals surface area contributed by atoms with Crippen LogP contribution in [-0.4, -0.2) is 76.1 Å². The standard InChI is InChI=1S/C19H33N5O2/c1-3-4-8-17-20-18(26-21-17)14-22-10-12-23(13-11-22)15-19(25)24-9-6-5-7-16(24)2/h16H,3-15H2,1-2H3. The third-order valence-electron chi connectivity index (χ3n) is 5.57. The molecule has 1 aromatic rings. The van der Waals surface area contributed by atoms with Crippen LogP contribution in [0.15, 0.2) is 4.52 Å². The zero-order chi connectivity index (χ0) is 18.4. The van der Waals surface area contributed by atoms with Crippen molar-refractivity contribution in [3.05, 3.63) is 11.7 Å². The van der Waals surface area contributed by atoms with Gasteiger partial charge >= 0.3 is 0 Å². The Morgan fingerprint density at radius 2 is 1.92 bits per heavy atom. The maximum absolute atomic E-state index is 12.6. The van der Waals surface area contributed by atoms with E-state index in [1.165, 1.54) is 6.42 Å². The number of hydrogen-bond acceptors (Lipinski definition) is 6. The van der Waals surface area contributed by atoms with Crippen molar-refractivity contribution in [1.82, 2.24) is 24.8 Å². The molecule has 1 amide bonds. The number of carbonyl (C=O) groups is 1. The molecule has 3 rings (SSSR count). The van der Waals surface area contributed by atoms with E-state index < -0.39 is 0 Å². The second-order valence-electron chi connectivity index (χ2n) is 7.69. The van der Waals surface area contributed by atoms with Crippen molar-refractivity contribution in [2.75, 3.05) is 39.3 Å². The Morgan fingerprint density at radius 1 is 1.15 bits per heavy atom. The summed E-state index contributed by atoms with van der Waals surface area (Å²) in [6, 6.07) is 0.400. The van der Waals surface area contributed by atoms with Crippen LogP contribution in [-0.2, 0) is 17.8 Å². The zero-order valence-corrected chi connectivity index (χ0v) is 16.3. The van der Waals surface area contributed by atoms with Gasteiger partial charge in [0.2, 0.25) is 11.8 Å². The highest BCUT2D eigenvalue weighted by Gasteiger charge is 2.26. The number of aryl methyl sites for hydroxylation is 1. The monoisotopic (exact) mass is 363 g/mol. The van der Waals surface area contributed by atoms with E-state index in [1.54, 1.807) is 0 Å². The fraction of sp³-hybridized carbons (Fsp3) is 0.842. The van der Waals surface area contributed by atoms with E-state index in [0.717, 1.165) is 70.7 Å². The number of unbranched alkanes of at least 4 members (excludes halogenated alkanes) is 1. The predicted octanol–water partition coefficient (Wildman–Crippen LogP) is 1.93. The minimum absolute atomic E-state index is 0.295. The number of nitrogens with zero attached hydrogens (tertiary/aromatic N) is 5. The highest BCUT2D eigenvalue weighted by Crippen LogP contribution is 2.17. The molecule has 0 spiro atoms. The molecule has 2 saturated heterocycles. The average Bonchev–Trinajstić information content (AvgIpc) is 3.09. The number of hydrogen-bond donors (Lipinski definition) is 0. The minimum atomic E-state index is 0.295. The molecule has 26 heavy (non-hydrogen) atoms. The molecule has 7 nitrogen and oxygen atoms in total. The van der Waals surface area contributed by atoms with E-state index in [1.807, 2.05) is 0 Å². The fourth-order valence-corrected chi connectivity index (χ4v) is 3.84. The molecule has 0 aromatic carbocycles. The highest BCUT2D eigenvalue weighted by atomic mass is 16.5. The Bertz CT molecular complexity index is 568. The Morgan fingerprint density at radius 3 is 2.65 bits per heavy atom. The maximum Gasteiger partial charge on any atom is 0.240 e. The summed E-state index contributed by atoms with van der Waals surface area (Å²) in [7, 11) is 0. The van der Waals surface area contributed by atoms with Crippen LogP contribution in [0.3, 0.4) is 0 Å². The van der Waals surface area contributed by atoms with Gasteiger partial charge in [0, 0.05) is 45.2 Å². The summed E-state index contributed by atoms with van der Waals surface area (Å²) >= 11 is 0. The first-order chi connectivity index (χ1) is 12.7. The van der Waals surface area contributed by atoms with Gasteiger partial charge in [-0.25, -0.2) is 0 Å². The summed E-state index contributed by atoms with van der Waals surface area (Å²) in [4.78, 5) is 23.7. The summed E-state index contributed by atoms with van der Waals surface area (Å²) in [6.45, 7) is 10.3. The molecule has 1 unspecified atom stereocenters. The highest BCUT2D eigenvalue weighted by molar-refractivity contribution is 5.78. The van der Waals surface area contributed by atoms with Gasteiger partial charge in [-0.05, 0) is 32.6 Å². The van der Waals surface area contributed by atoms with E-state index in [9.17, 15) is 4.79 Å². The normalized spacial score (nSPS) is 22.7. The Balaban J connectivity index is 1.40. The second-order valence-corrected chi connectivity index (χ2v) is 7.69. The van der Waals surface area contributed by atoms with E-state index in [-0.39, 0.29) is 0 Å². The number of piperazine rings is 1. The van der Waals surface area contributed by atoms with Crippen molar-refractivity contribution in [1.29, 1.82) is 0 Å². The number of aromatic nitrogens is 2. The van der Waals surface area contributed by atoms with Gasteiger partial charge < -0.3 is 9.42 Å². The average molecular weight is 364 g/mol. The maximum atomic E-state index is 12.6. The van der Waals surface area contributed by atoms with Gasteiger partial charge in [-0.3, -0.25) is 14.6 Å². The molecule has 0 radical (unpaired) electrons. The van der Waals surface area contributed by atoms with Crippen LogP contribution in [0.1, 0.15) is 57.7 Å². The van der Waals surface area contributed by atoms with Gasteiger partial charge in [-0.15, -0.1) is 0 Å². The second kappa shape index (κ2) is 9.46. The molecule has 2 fully saturated rings. The molecule has 0 bridgehead atoms. The lowest BCUT2D eigenvalue weighted by atomic mass is 10.0. The van der Waals surface area contributed by atoms with Crippen molar-refractivity contribution < 1.29 is 9.32 Å². The van der Waals surface area contributed by atoms with Gasteiger partial charge in [-0.2, -0.15) is 4.98 Å². The molecule has 3 heterocycles. The summed E-state index contributed by atoms with van der Waals surface area (Å²) in [5, 5.41) is 4.06. The minimum Gasteiger partial charge on any atom is -0.339 e. The van der Waals surface area contributed by atoms with Crippen molar-refractivity contribution in [2.45, 2.75) is 65.0 Å². The van der Waals surface area contributed by atoms with Gasteiger partial charge in [0.25, 0.3) is 0 Å². The summed E-state index contributed by atoms with van der Waals surface area (Å²) in [6.07, 6.45) is 6.67. The largest absolute Gasteiger partial charge is 0.339 e. The van der Waals surface area contributed by atoms with Crippen LogP contribution in [0.4, 0.5) is 0 Å². The molecule has 0 aliphatic carbocycles. The zero-order valence-electron chi connectivity index (χ0n) is 16.3. The summed E-state index contributed by atoms with van der Waals surface area (Å²) in [5.41, 5.74) is 0. The van der Waals surface area contributed by atoms with E-state index in [0.29, 0.717) is 30.9 Å². The van der Waals surface area contributed by atoms with Gasteiger partial charge in [0.05, 0.1) is 13.1 Å². The van der Waals surface area contributed by atoms with E-state index in [4.69, 9.17) is 4.52 Å². The molecule has 1 atom stereocenters. The smallest absolute Gasteiger partial charge is 0.240 e. The molecule has 2 aliphatic rings. The van der Waals surface area contributed by atoms with Crippen LogP contribution < -0.4 is 0 Å². The lowest BCUT2D eigenvalue weighted by Gasteiger charge is -2.37. The quantitative estimate of drug-likeness (QED) is 0.737. The van der Waals surface area contributed by atoms with Crippen molar-refractivity contribution in [3.63, 3.8) is 0 Å². The lowest BCUT2D eigenvalue weighted by Crippen LogP contribution is -2.51.